The number of rotatable bonds is 6. The van der Waals surface area contributed by atoms with Gasteiger partial charge in [-0.15, -0.1) is 0 Å². The van der Waals surface area contributed by atoms with Crippen LogP contribution in [0.25, 0.3) is 11.1 Å². The van der Waals surface area contributed by atoms with Crippen LogP contribution in [0.1, 0.15) is 37.0 Å². The predicted molar refractivity (Wildman–Crippen MR) is 125 cm³/mol. The molecule has 0 bridgehead atoms. The van der Waals surface area contributed by atoms with Gasteiger partial charge in [0.2, 0.25) is 0 Å². The maximum Gasteiger partial charge on any atom is 0.255 e. The minimum atomic E-state index is -1.36. The highest BCUT2D eigenvalue weighted by Gasteiger charge is 2.33. The van der Waals surface area contributed by atoms with E-state index in [0.29, 0.717) is 5.69 Å². The van der Waals surface area contributed by atoms with Gasteiger partial charge >= 0.3 is 0 Å². The van der Waals surface area contributed by atoms with Crippen LogP contribution in [0.15, 0.2) is 66.7 Å². The molecule has 8 heteroatoms. The Morgan fingerprint density at radius 1 is 1.06 bits per heavy atom. The maximum absolute atomic E-state index is 13.9. The number of halogens is 2. The highest BCUT2D eigenvalue weighted by Crippen LogP contribution is 2.39. The lowest BCUT2D eigenvalue weighted by molar-refractivity contribution is -0.127. The molecule has 34 heavy (non-hydrogen) atoms. The third-order valence-corrected chi connectivity index (χ3v) is 6.00. The standard InChI is InChI=1S/C26H25F2N3O3/c1-15-18-7-3-4-8-19(18)20-9-5-6-10-23(20)31(26(15)34)30-25(33)16(2)29-14-24(32)21-13-17(27)11-12-22(21)28/h3-13,15-16,24,29,32H,14H2,1-2H3,(H,30,33)/t15?,16-,24?/m0/s1. The first kappa shape index (κ1) is 23.5. The van der Waals surface area contributed by atoms with Crippen LogP contribution in [0, 0.1) is 11.6 Å². The fraction of sp³-hybridized carbons (Fsp3) is 0.231. The second kappa shape index (κ2) is 9.70. The van der Waals surface area contributed by atoms with E-state index in [4.69, 9.17) is 0 Å². The van der Waals surface area contributed by atoms with Gasteiger partial charge in [-0.05, 0) is 49.2 Å². The number of nitrogens with zero attached hydrogens (tertiary/aromatic N) is 1. The monoisotopic (exact) mass is 465 g/mol. The Bertz CT molecular complexity index is 1230. The number of hydrogen-bond donors (Lipinski definition) is 3. The molecule has 3 aromatic rings. The summed E-state index contributed by atoms with van der Waals surface area (Å²) < 4.78 is 27.3. The van der Waals surface area contributed by atoms with Crippen molar-refractivity contribution in [1.29, 1.82) is 0 Å². The van der Waals surface area contributed by atoms with E-state index in [1.807, 2.05) is 36.4 Å². The average molecular weight is 466 g/mol. The molecular weight excluding hydrogens is 440 g/mol. The molecule has 1 aliphatic rings. The Morgan fingerprint density at radius 3 is 2.50 bits per heavy atom. The molecule has 1 aliphatic heterocycles. The first-order valence-corrected chi connectivity index (χ1v) is 11.0. The van der Waals surface area contributed by atoms with Gasteiger partial charge in [0.1, 0.15) is 11.6 Å². The molecule has 1 heterocycles. The lowest BCUT2D eigenvalue weighted by atomic mass is 9.92. The number of carbonyl (C=O) groups excluding carboxylic acids is 2. The topological polar surface area (TPSA) is 81.7 Å². The van der Waals surface area contributed by atoms with Crippen LogP contribution in [-0.2, 0) is 9.59 Å². The second-order valence-corrected chi connectivity index (χ2v) is 8.29. The number of para-hydroxylation sites is 1. The van der Waals surface area contributed by atoms with Crippen LogP contribution in [0.5, 0.6) is 0 Å². The van der Waals surface area contributed by atoms with E-state index >= 15 is 0 Å². The first-order valence-electron chi connectivity index (χ1n) is 11.0. The number of hydrazine groups is 1. The van der Waals surface area contributed by atoms with Crippen molar-refractivity contribution in [2.24, 2.45) is 0 Å². The Labute approximate surface area is 196 Å². The van der Waals surface area contributed by atoms with Gasteiger partial charge < -0.3 is 10.4 Å². The molecule has 4 rings (SSSR count). The predicted octanol–water partition coefficient (Wildman–Crippen LogP) is 3.82. The van der Waals surface area contributed by atoms with Crippen molar-refractivity contribution in [1.82, 2.24) is 10.7 Å². The molecule has 3 atom stereocenters. The fourth-order valence-corrected chi connectivity index (χ4v) is 4.05. The number of carbonyl (C=O) groups is 2. The molecule has 2 amide bonds. The third-order valence-electron chi connectivity index (χ3n) is 6.00. The number of anilines is 1. The molecule has 0 spiro atoms. The van der Waals surface area contributed by atoms with Gasteiger partial charge in [0.25, 0.3) is 11.8 Å². The van der Waals surface area contributed by atoms with Gasteiger partial charge in [-0.2, -0.15) is 0 Å². The van der Waals surface area contributed by atoms with Gasteiger partial charge in [0.15, 0.2) is 0 Å². The second-order valence-electron chi connectivity index (χ2n) is 8.29. The molecule has 6 nitrogen and oxygen atoms in total. The van der Waals surface area contributed by atoms with E-state index in [-0.39, 0.29) is 18.0 Å². The number of amides is 2. The van der Waals surface area contributed by atoms with Crippen molar-refractivity contribution in [2.75, 3.05) is 11.6 Å². The van der Waals surface area contributed by atoms with E-state index in [0.717, 1.165) is 34.9 Å². The van der Waals surface area contributed by atoms with Crippen molar-refractivity contribution >= 4 is 17.5 Å². The SMILES string of the molecule is CC1C(=O)N(NC(=O)[C@H](C)NCC(O)c2cc(F)ccc2F)c2ccccc2-c2ccccc21. The number of nitrogens with one attached hydrogen (secondary N) is 2. The fourth-order valence-electron chi connectivity index (χ4n) is 4.05. The molecule has 2 unspecified atom stereocenters. The van der Waals surface area contributed by atoms with Crippen LogP contribution in [0.2, 0.25) is 0 Å². The number of aliphatic hydroxyl groups is 1. The zero-order chi connectivity index (χ0) is 24.4. The van der Waals surface area contributed by atoms with Crippen molar-refractivity contribution in [3.63, 3.8) is 0 Å². The summed E-state index contributed by atoms with van der Waals surface area (Å²) in [5.74, 6) is -2.72. The summed E-state index contributed by atoms with van der Waals surface area (Å²) in [7, 11) is 0. The molecule has 3 aromatic carbocycles. The van der Waals surface area contributed by atoms with Gasteiger partial charge in [0, 0.05) is 17.7 Å². The Kier molecular flexibility index (Phi) is 6.72. The van der Waals surface area contributed by atoms with E-state index < -0.39 is 35.6 Å². The van der Waals surface area contributed by atoms with E-state index in [1.54, 1.807) is 26.0 Å². The summed E-state index contributed by atoms with van der Waals surface area (Å²) in [6, 6.07) is 16.9. The van der Waals surface area contributed by atoms with Crippen molar-refractivity contribution in [2.45, 2.75) is 31.9 Å². The van der Waals surface area contributed by atoms with Crippen molar-refractivity contribution < 1.29 is 23.5 Å². The number of fused-ring (bicyclic) bond motifs is 3. The van der Waals surface area contributed by atoms with Crippen LogP contribution in [-0.4, -0.2) is 29.5 Å². The molecule has 0 saturated heterocycles. The zero-order valence-corrected chi connectivity index (χ0v) is 18.8. The minimum absolute atomic E-state index is 0.193. The van der Waals surface area contributed by atoms with E-state index in [9.17, 15) is 23.5 Å². The summed E-state index contributed by atoms with van der Waals surface area (Å²) >= 11 is 0. The average Bonchev–Trinajstić information content (AvgIpc) is 2.93. The number of hydrogen-bond acceptors (Lipinski definition) is 4. The molecule has 0 radical (unpaired) electrons. The van der Waals surface area contributed by atoms with Gasteiger partial charge in [-0.25, -0.2) is 13.8 Å². The number of benzene rings is 3. The zero-order valence-electron chi connectivity index (χ0n) is 18.8. The van der Waals surface area contributed by atoms with Crippen LogP contribution in [0.4, 0.5) is 14.5 Å². The third kappa shape index (κ3) is 4.55. The molecular formula is C26H25F2N3O3. The lowest BCUT2D eigenvalue weighted by Crippen LogP contribution is -2.53. The molecule has 0 saturated carbocycles. The summed E-state index contributed by atoms with van der Waals surface area (Å²) in [5, 5.41) is 14.3. The normalized spacial score (nSPS) is 16.8. The number of aliphatic hydroxyl groups excluding tert-OH is 1. The van der Waals surface area contributed by atoms with Crippen LogP contribution < -0.4 is 15.8 Å². The maximum atomic E-state index is 13.9. The Balaban J connectivity index is 1.51. The van der Waals surface area contributed by atoms with Gasteiger partial charge in [-0.3, -0.25) is 15.0 Å². The molecule has 0 fully saturated rings. The highest BCUT2D eigenvalue weighted by molar-refractivity contribution is 6.06. The Morgan fingerprint density at radius 2 is 1.74 bits per heavy atom. The Hall–Kier alpha value is -3.62. The quantitative estimate of drug-likeness (QED) is 0.517. The summed E-state index contributed by atoms with van der Waals surface area (Å²) in [4.78, 5) is 26.3. The van der Waals surface area contributed by atoms with E-state index in [2.05, 4.69) is 10.7 Å². The van der Waals surface area contributed by atoms with Crippen LogP contribution in [0.3, 0.4) is 0 Å². The van der Waals surface area contributed by atoms with Gasteiger partial charge in [0.05, 0.1) is 23.8 Å². The summed E-state index contributed by atoms with van der Waals surface area (Å²) in [6.07, 6.45) is -1.36. The molecule has 3 N–H and O–H groups in total. The first-order chi connectivity index (χ1) is 16.3. The summed E-state index contributed by atoms with van der Waals surface area (Å²) in [5.41, 5.74) is 5.62. The smallest absolute Gasteiger partial charge is 0.255 e. The van der Waals surface area contributed by atoms with Crippen LogP contribution >= 0.6 is 0 Å². The highest BCUT2D eigenvalue weighted by atomic mass is 19.1. The molecule has 176 valence electrons. The van der Waals surface area contributed by atoms with Crippen molar-refractivity contribution in [3.05, 3.63) is 89.5 Å². The molecule has 0 aliphatic carbocycles. The molecule has 0 aromatic heterocycles. The summed E-state index contributed by atoms with van der Waals surface area (Å²) in [6.45, 7) is 3.15. The van der Waals surface area contributed by atoms with E-state index in [1.165, 1.54) is 5.01 Å². The minimum Gasteiger partial charge on any atom is -0.387 e. The lowest BCUT2D eigenvalue weighted by Gasteiger charge is -2.27. The van der Waals surface area contributed by atoms with Gasteiger partial charge in [-0.1, -0.05) is 42.5 Å². The largest absolute Gasteiger partial charge is 0.387 e. The van der Waals surface area contributed by atoms with Crippen molar-refractivity contribution in [3.8, 4) is 11.1 Å².